The third kappa shape index (κ3) is 5.67. The van der Waals surface area contributed by atoms with Crippen LogP contribution in [-0.2, 0) is 33.1 Å². The Balaban J connectivity index is 1.61. The lowest BCUT2D eigenvalue weighted by Gasteiger charge is -2.34. The molecule has 1 aromatic heterocycles. The summed E-state index contributed by atoms with van der Waals surface area (Å²) in [6.07, 6.45) is 4.93. The SMILES string of the molecule is CC[C@H]1CCCCN1S(=O)(=O)c1ccc(S(=O)(=O)N(Cc2ccc(OC)cc2)Cc2ccco2)cc1. The van der Waals surface area contributed by atoms with Crippen LogP contribution in [-0.4, -0.2) is 45.1 Å². The largest absolute Gasteiger partial charge is 0.497 e. The molecule has 1 saturated heterocycles. The van der Waals surface area contributed by atoms with Crippen LogP contribution in [0.2, 0.25) is 0 Å². The number of benzene rings is 2. The van der Waals surface area contributed by atoms with Crippen molar-refractivity contribution >= 4 is 20.0 Å². The van der Waals surface area contributed by atoms with Crippen LogP contribution < -0.4 is 4.74 Å². The normalized spacial score (nSPS) is 17.4. The maximum atomic E-state index is 13.6. The number of piperidine rings is 1. The van der Waals surface area contributed by atoms with Gasteiger partial charge in [0.2, 0.25) is 20.0 Å². The lowest BCUT2D eigenvalue weighted by atomic mass is 10.0. The third-order valence-electron chi connectivity index (χ3n) is 6.54. The van der Waals surface area contributed by atoms with Gasteiger partial charge in [-0.1, -0.05) is 25.5 Å². The summed E-state index contributed by atoms with van der Waals surface area (Å²) in [6, 6.07) is 16.1. The second-order valence-corrected chi connectivity index (χ2v) is 12.7. The Morgan fingerprint density at radius 1 is 0.944 bits per heavy atom. The van der Waals surface area contributed by atoms with E-state index in [1.165, 1.54) is 34.8 Å². The summed E-state index contributed by atoms with van der Waals surface area (Å²) in [4.78, 5) is 0.127. The van der Waals surface area contributed by atoms with E-state index in [-0.39, 0.29) is 28.9 Å². The molecule has 1 fully saturated rings. The second-order valence-electron chi connectivity index (χ2n) is 8.85. The fourth-order valence-electron chi connectivity index (χ4n) is 4.50. The number of hydrogen-bond donors (Lipinski definition) is 0. The highest BCUT2D eigenvalue weighted by atomic mass is 32.2. The van der Waals surface area contributed by atoms with E-state index in [4.69, 9.17) is 9.15 Å². The quantitative estimate of drug-likeness (QED) is 0.378. The molecule has 1 aliphatic rings. The highest BCUT2D eigenvalue weighted by molar-refractivity contribution is 7.89. The van der Waals surface area contributed by atoms with Crippen molar-refractivity contribution < 1.29 is 26.0 Å². The average Bonchev–Trinajstić information content (AvgIpc) is 3.42. The molecular formula is C26H32N2O6S2. The molecule has 8 nitrogen and oxygen atoms in total. The van der Waals surface area contributed by atoms with Crippen LogP contribution in [0.3, 0.4) is 0 Å². The minimum atomic E-state index is -3.96. The van der Waals surface area contributed by atoms with E-state index < -0.39 is 20.0 Å². The van der Waals surface area contributed by atoms with Gasteiger partial charge >= 0.3 is 0 Å². The van der Waals surface area contributed by atoms with Gasteiger partial charge in [0.1, 0.15) is 11.5 Å². The van der Waals surface area contributed by atoms with Crippen molar-refractivity contribution in [2.24, 2.45) is 0 Å². The summed E-state index contributed by atoms with van der Waals surface area (Å²) in [5.41, 5.74) is 0.779. The molecule has 1 atom stereocenters. The number of sulfonamides is 2. The average molecular weight is 533 g/mol. The molecule has 0 amide bonds. The molecule has 36 heavy (non-hydrogen) atoms. The number of ether oxygens (including phenoxy) is 1. The molecule has 0 N–H and O–H groups in total. The number of rotatable bonds is 10. The van der Waals surface area contributed by atoms with Crippen LogP contribution >= 0.6 is 0 Å². The molecule has 2 heterocycles. The van der Waals surface area contributed by atoms with Crippen LogP contribution in [0.25, 0.3) is 0 Å². The smallest absolute Gasteiger partial charge is 0.243 e. The fourth-order valence-corrected chi connectivity index (χ4v) is 7.66. The predicted octanol–water partition coefficient (Wildman–Crippen LogP) is 4.63. The molecule has 4 rings (SSSR count). The Labute approximate surface area is 213 Å². The van der Waals surface area contributed by atoms with Crippen LogP contribution in [0.4, 0.5) is 0 Å². The molecule has 10 heteroatoms. The van der Waals surface area contributed by atoms with Crippen molar-refractivity contribution in [1.29, 1.82) is 0 Å². The minimum Gasteiger partial charge on any atom is -0.497 e. The van der Waals surface area contributed by atoms with Gasteiger partial charge < -0.3 is 9.15 Å². The van der Waals surface area contributed by atoms with E-state index in [0.717, 1.165) is 31.2 Å². The van der Waals surface area contributed by atoms with Crippen molar-refractivity contribution in [2.45, 2.75) is 61.5 Å². The van der Waals surface area contributed by atoms with Crippen LogP contribution in [0, 0.1) is 0 Å². The summed E-state index contributed by atoms with van der Waals surface area (Å²) in [5, 5.41) is 0. The Morgan fingerprint density at radius 3 is 2.25 bits per heavy atom. The zero-order valence-corrected chi connectivity index (χ0v) is 22.2. The zero-order valence-electron chi connectivity index (χ0n) is 20.5. The van der Waals surface area contributed by atoms with Gasteiger partial charge in [-0.05, 0) is 73.4 Å². The van der Waals surface area contributed by atoms with Crippen LogP contribution in [0.15, 0.2) is 81.1 Å². The first-order chi connectivity index (χ1) is 17.3. The van der Waals surface area contributed by atoms with E-state index in [0.29, 0.717) is 18.1 Å². The first-order valence-electron chi connectivity index (χ1n) is 12.0. The zero-order chi connectivity index (χ0) is 25.8. The van der Waals surface area contributed by atoms with Gasteiger partial charge in [0, 0.05) is 19.1 Å². The molecule has 0 bridgehead atoms. The van der Waals surface area contributed by atoms with Gasteiger partial charge in [-0.15, -0.1) is 0 Å². The number of furan rings is 1. The Kier molecular flexibility index (Phi) is 8.19. The third-order valence-corrected chi connectivity index (χ3v) is 10.3. The highest BCUT2D eigenvalue weighted by Gasteiger charge is 2.33. The number of methoxy groups -OCH3 is 1. The maximum Gasteiger partial charge on any atom is 0.243 e. The van der Waals surface area contributed by atoms with Crippen molar-refractivity contribution in [3.63, 3.8) is 0 Å². The van der Waals surface area contributed by atoms with Crippen LogP contribution in [0.5, 0.6) is 5.75 Å². The van der Waals surface area contributed by atoms with Gasteiger partial charge in [0.15, 0.2) is 0 Å². The molecule has 0 spiro atoms. The summed E-state index contributed by atoms with van der Waals surface area (Å²) < 4.78 is 67.4. The molecule has 0 aliphatic carbocycles. The van der Waals surface area contributed by atoms with E-state index in [1.54, 1.807) is 35.7 Å². The van der Waals surface area contributed by atoms with E-state index in [9.17, 15) is 16.8 Å². The Hall–Kier alpha value is -2.66. The van der Waals surface area contributed by atoms with Crippen molar-refractivity contribution in [3.8, 4) is 5.75 Å². The molecule has 0 unspecified atom stereocenters. The van der Waals surface area contributed by atoms with Gasteiger partial charge in [-0.25, -0.2) is 16.8 Å². The molecule has 1 aliphatic heterocycles. The Bertz CT molecular complexity index is 1340. The topological polar surface area (TPSA) is 97.1 Å². The minimum absolute atomic E-state index is 0.0206. The Morgan fingerprint density at radius 2 is 1.64 bits per heavy atom. The summed E-state index contributed by atoms with van der Waals surface area (Å²) >= 11 is 0. The monoisotopic (exact) mass is 532 g/mol. The number of hydrogen-bond acceptors (Lipinski definition) is 6. The fraction of sp³-hybridized carbons (Fsp3) is 0.385. The number of nitrogens with zero attached hydrogens (tertiary/aromatic N) is 2. The summed E-state index contributed by atoms with van der Waals surface area (Å²) in [6.45, 7) is 2.62. The molecule has 0 radical (unpaired) electrons. The van der Waals surface area contributed by atoms with Crippen molar-refractivity contribution in [3.05, 3.63) is 78.3 Å². The molecule has 3 aromatic rings. The van der Waals surface area contributed by atoms with E-state index >= 15 is 0 Å². The maximum absolute atomic E-state index is 13.6. The van der Waals surface area contributed by atoms with Crippen molar-refractivity contribution in [2.75, 3.05) is 13.7 Å². The van der Waals surface area contributed by atoms with Crippen molar-refractivity contribution in [1.82, 2.24) is 8.61 Å². The predicted molar refractivity (Wildman–Crippen MR) is 136 cm³/mol. The standard InChI is InChI=1S/C26H32N2O6S2/c1-3-22-7-4-5-17-28(22)36(31,32)26-15-13-25(14-16-26)35(29,30)27(20-24-8-6-18-34-24)19-21-9-11-23(33-2)12-10-21/h6,8-16,18,22H,3-5,7,17,19-20H2,1-2H3/t22-/m0/s1. The highest BCUT2D eigenvalue weighted by Crippen LogP contribution is 2.29. The lowest BCUT2D eigenvalue weighted by molar-refractivity contribution is 0.246. The summed E-state index contributed by atoms with van der Waals surface area (Å²) in [5.74, 6) is 1.18. The summed E-state index contributed by atoms with van der Waals surface area (Å²) in [7, 11) is -6.09. The van der Waals surface area contributed by atoms with E-state index in [1.807, 2.05) is 19.1 Å². The molecule has 2 aromatic carbocycles. The lowest BCUT2D eigenvalue weighted by Crippen LogP contribution is -2.43. The first kappa shape index (κ1) is 26.4. The van der Waals surface area contributed by atoms with Gasteiger partial charge in [0.25, 0.3) is 0 Å². The second kappa shape index (κ2) is 11.2. The van der Waals surface area contributed by atoms with Gasteiger partial charge in [-0.3, -0.25) is 0 Å². The molecule has 194 valence electrons. The molecular weight excluding hydrogens is 500 g/mol. The van der Waals surface area contributed by atoms with Crippen LogP contribution in [0.1, 0.15) is 43.9 Å². The van der Waals surface area contributed by atoms with Gasteiger partial charge in [-0.2, -0.15) is 8.61 Å². The first-order valence-corrected chi connectivity index (χ1v) is 14.9. The molecule has 0 saturated carbocycles. The van der Waals surface area contributed by atoms with Gasteiger partial charge in [0.05, 0.1) is 29.7 Å². The van der Waals surface area contributed by atoms with E-state index in [2.05, 4.69) is 0 Å².